The van der Waals surface area contributed by atoms with E-state index in [1.807, 2.05) is 17.3 Å². The molecule has 0 saturated carbocycles. The Bertz CT molecular complexity index is 385. The number of rotatable bonds is 4. The van der Waals surface area contributed by atoms with Crippen molar-refractivity contribution in [2.24, 2.45) is 0 Å². The number of hydrogen-bond donors (Lipinski definition) is 1. The molecule has 0 radical (unpaired) electrons. The van der Waals surface area contributed by atoms with Gasteiger partial charge in [-0.05, 0) is 26.7 Å². The van der Waals surface area contributed by atoms with Gasteiger partial charge in [0.1, 0.15) is 0 Å². The van der Waals surface area contributed by atoms with Gasteiger partial charge in [0.25, 0.3) is 0 Å². The summed E-state index contributed by atoms with van der Waals surface area (Å²) < 4.78 is 0. The highest BCUT2D eigenvalue weighted by molar-refractivity contribution is 7.09. The number of amides is 1. The van der Waals surface area contributed by atoms with Gasteiger partial charge in [0.05, 0.1) is 17.7 Å². The molecule has 17 heavy (non-hydrogen) atoms. The molecule has 1 aliphatic rings. The molecule has 1 aromatic rings. The molecule has 2 rings (SSSR count). The highest BCUT2D eigenvalue weighted by atomic mass is 32.1. The Kier molecular flexibility index (Phi) is 4.12. The number of aromatic nitrogens is 1. The van der Waals surface area contributed by atoms with Gasteiger partial charge in [0.2, 0.25) is 5.91 Å². The maximum absolute atomic E-state index is 11.9. The topological polar surface area (TPSA) is 45.2 Å². The van der Waals surface area contributed by atoms with E-state index in [4.69, 9.17) is 0 Å². The average molecular weight is 253 g/mol. The SMILES string of the molecule is Cc1ncsc1C(C)NCC(=O)N1CCCC1. The van der Waals surface area contributed by atoms with Crippen LogP contribution in [0.1, 0.15) is 36.4 Å². The highest BCUT2D eigenvalue weighted by Crippen LogP contribution is 2.20. The van der Waals surface area contributed by atoms with E-state index in [9.17, 15) is 4.79 Å². The largest absolute Gasteiger partial charge is 0.342 e. The van der Waals surface area contributed by atoms with Gasteiger partial charge in [0.15, 0.2) is 0 Å². The van der Waals surface area contributed by atoms with Crippen LogP contribution in [0.4, 0.5) is 0 Å². The molecular formula is C12H19N3OS. The number of carbonyl (C=O) groups is 1. The molecule has 1 amide bonds. The molecule has 5 heteroatoms. The molecule has 1 aliphatic heterocycles. The molecule has 1 atom stereocenters. The van der Waals surface area contributed by atoms with Crippen LogP contribution in [0.3, 0.4) is 0 Å². The summed E-state index contributed by atoms with van der Waals surface area (Å²) in [5, 5.41) is 3.28. The van der Waals surface area contributed by atoms with E-state index in [0.29, 0.717) is 6.54 Å². The van der Waals surface area contributed by atoms with Crippen LogP contribution in [0.5, 0.6) is 0 Å². The summed E-state index contributed by atoms with van der Waals surface area (Å²) in [5.74, 6) is 0.219. The number of carbonyl (C=O) groups excluding carboxylic acids is 1. The van der Waals surface area contributed by atoms with Crippen LogP contribution in [-0.2, 0) is 4.79 Å². The van der Waals surface area contributed by atoms with Gasteiger partial charge < -0.3 is 10.2 Å². The van der Waals surface area contributed by atoms with Crippen molar-refractivity contribution in [1.82, 2.24) is 15.2 Å². The first-order valence-corrected chi connectivity index (χ1v) is 6.97. The van der Waals surface area contributed by atoms with Crippen LogP contribution in [-0.4, -0.2) is 35.4 Å². The molecule has 0 bridgehead atoms. The summed E-state index contributed by atoms with van der Waals surface area (Å²) in [6.07, 6.45) is 2.30. The Morgan fingerprint density at radius 1 is 1.59 bits per heavy atom. The molecule has 0 spiro atoms. The quantitative estimate of drug-likeness (QED) is 0.888. The summed E-state index contributed by atoms with van der Waals surface area (Å²) >= 11 is 1.64. The second kappa shape index (κ2) is 5.60. The van der Waals surface area contributed by atoms with E-state index in [0.717, 1.165) is 31.6 Å². The third-order valence-corrected chi connectivity index (χ3v) is 4.31. The average Bonchev–Trinajstić information content (AvgIpc) is 2.95. The molecule has 1 unspecified atom stereocenters. The van der Waals surface area contributed by atoms with Crippen LogP contribution >= 0.6 is 11.3 Å². The zero-order chi connectivity index (χ0) is 12.3. The van der Waals surface area contributed by atoms with Gasteiger partial charge in [0, 0.05) is 24.0 Å². The predicted molar refractivity (Wildman–Crippen MR) is 69.1 cm³/mol. The zero-order valence-electron chi connectivity index (χ0n) is 10.4. The van der Waals surface area contributed by atoms with Gasteiger partial charge in [-0.1, -0.05) is 0 Å². The molecule has 2 heterocycles. The third-order valence-electron chi connectivity index (χ3n) is 3.19. The summed E-state index contributed by atoms with van der Waals surface area (Å²) in [7, 11) is 0. The Balaban J connectivity index is 1.81. The summed E-state index contributed by atoms with van der Waals surface area (Å²) in [6, 6.07) is 0.203. The Labute approximate surface area is 106 Å². The normalized spacial score (nSPS) is 17.4. The number of nitrogens with zero attached hydrogens (tertiary/aromatic N) is 2. The van der Waals surface area contributed by atoms with Gasteiger partial charge >= 0.3 is 0 Å². The number of hydrogen-bond acceptors (Lipinski definition) is 4. The Morgan fingerprint density at radius 2 is 2.29 bits per heavy atom. The van der Waals surface area contributed by atoms with Crippen molar-refractivity contribution in [2.45, 2.75) is 32.7 Å². The number of likely N-dealkylation sites (tertiary alicyclic amines) is 1. The first-order chi connectivity index (χ1) is 8.18. The minimum Gasteiger partial charge on any atom is -0.342 e. The fourth-order valence-electron chi connectivity index (χ4n) is 2.14. The van der Waals surface area contributed by atoms with Crippen molar-refractivity contribution in [2.75, 3.05) is 19.6 Å². The molecule has 1 saturated heterocycles. The third kappa shape index (κ3) is 3.04. The summed E-state index contributed by atoms with van der Waals surface area (Å²) in [5.41, 5.74) is 2.91. The van der Waals surface area contributed by atoms with Gasteiger partial charge in [-0.3, -0.25) is 4.79 Å². The number of thiazole rings is 1. The van der Waals surface area contributed by atoms with Crippen molar-refractivity contribution < 1.29 is 4.79 Å². The van der Waals surface area contributed by atoms with Crippen LogP contribution in [0.15, 0.2) is 5.51 Å². The second-order valence-corrected chi connectivity index (χ2v) is 5.38. The van der Waals surface area contributed by atoms with Gasteiger partial charge in [-0.25, -0.2) is 4.98 Å². The smallest absolute Gasteiger partial charge is 0.236 e. The first-order valence-electron chi connectivity index (χ1n) is 6.09. The lowest BCUT2D eigenvalue weighted by molar-refractivity contribution is -0.129. The van der Waals surface area contributed by atoms with Gasteiger partial charge in [-0.2, -0.15) is 0 Å². The molecule has 1 fully saturated rings. The van der Waals surface area contributed by atoms with E-state index in [1.165, 1.54) is 4.88 Å². The van der Waals surface area contributed by atoms with Crippen LogP contribution in [0.25, 0.3) is 0 Å². The van der Waals surface area contributed by atoms with Crippen LogP contribution < -0.4 is 5.32 Å². The minimum absolute atomic E-state index is 0.203. The van der Waals surface area contributed by atoms with E-state index in [2.05, 4.69) is 17.2 Å². The van der Waals surface area contributed by atoms with Crippen molar-refractivity contribution in [1.29, 1.82) is 0 Å². The standard InChI is InChI=1S/C12H19N3OS/c1-9(12-10(2)14-8-17-12)13-7-11(16)15-5-3-4-6-15/h8-9,13H,3-7H2,1-2H3. The molecule has 94 valence electrons. The maximum atomic E-state index is 11.9. The van der Waals surface area contributed by atoms with Crippen LogP contribution in [0.2, 0.25) is 0 Å². The maximum Gasteiger partial charge on any atom is 0.236 e. The zero-order valence-corrected chi connectivity index (χ0v) is 11.2. The summed E-state index contributed by atoms with van der Waals surface area (Å²) in [6.45, 7) is 6.37. The second-order valence-electron chi connectivity index (χ2n) is 4.49. The summed E-state index contributed by atoms with van der Waals surface area (Å²) in [4.78, 5) is 19.2. The fraction of sp³-hybridized carbons (Fsp3) is 0.667. The van der Waals surface area contributed by atoms with Gasteiger partial charge in [-0.15, -0.1) is 11.3 Å². The van der Waals surface area contributed by atoms with Crippen molar-refractivity contribution in [3.05, 3.63) is 16.1 Å². The lowest BCUT2D eigenvalue weighted by Gasteiger charge is -2.18. The molecule has 1 aromatic heterocycles. The van der Waals surface area contributed by atoms with Crippen molar-refractivity contribution in [3.63, 3.8) is 0 Å². The van der Waals surface area contributed by atoms with E-state index >= 15 is 0 Å². The van der Waals surface area contributed by atoms with E-state index in [-0.39, 0.29) is 11.9 Å². The Hall–Kier alpha value is -0.940. The molecular weight excluding hydrogens is 234 g/mol. The highest BCUT2D eigenvalue weighted by Gasteiger charge is 2.19. The van der Waals surface area contributed by atoms with E-state index < -0.39 is 0 Å². The molecule has 4 nitrogen and oxygen atoms in total. The molecule has 1 N–H and O–H groups in total. The Morgan fingerprint density at radius 3 is 2.88 bits per heavy atom. The van der Waals surface area contributed by atoms with E-state index in [1.54, 1.807) is 11.3 Å². The fourth-order valence-corrected chi connectivity index (χ4v) is 2.97. The number of nitrogens with one attached hydrogen (secondary N) is 1. The molecule has 0 aliphatic carbocycles. The lowest BCUT2D eigenvalue weighted by atomic mass is 10.2. The molecule has 0 aromatic carbocycles. The van der Waals surface area contributed by atoms with Crippen molar-refractivity contribution in [3.8, 4) is 0 Å². The number of aryl methyl sites for hydroxylation is 1. The van der Waals surface area contributed by atoms with Crippen LogP contribution in [0, 0.1) is 6.92 Å². The monoisotopic (exact) mass is 253 g/mol. The predicted octanol–water partition coefficient (Wildman–Crippen LogP) is 1.72. The minimum atomic E-state index is 0.203. The first kappa shape index (κ1) is 12.5. The lowest BCUT2D eigenvalue weighted by Crippen LogP contribution is -2.37. The van der Waals surface area contributed by atoms with Crippen molar-refractivity contribution >= 4 is 17.2 Å².